The molecule has 0 atom stereocenters. The maximum atomic E-state index is 13.3. The molecule has 33 heavy (non-hydrogen) atoms. The van der Waals surface area contributed by atoms with Crippen molar-refractivity contribution < 1.29 is 14.1 Å². The van der Waals surface area contributed by atoms with Crippen LogP contribution in [0.2, 0.25) is 0 Å². The van der Waals surface area contributed by atoms with E-state index in [1.807, 2.05) is 54.6 Å². The Morgan fingerprint density at radius 2 is 1.82 bits per heavy atom. The summed E-state index contributed by atoms with van der Waals surface area (Å²) in [6.45, 7) is 1.40. The summed E-state index contributed by atoms with van der Waals surface area (Å²) >= 11 is 0. The molecule has 4 heterocycles. The number of anilines is 1. The third-order valence-electron chi connectivity index (χ3n) is 5.98. The summed E-state index contributed by atoms with van der Waals surface area (Å²) in [6, 6.07) is 17.2. The number of rotatable bonds is 4. The zero-order chi connectivity index (χ0) is 22.4. The van der Waals surface area contributed by atoms with Crippen LogP contribution in [0.15, 0.2) is 59.1 Å². The SMILES string of the molecule is O=C1c2c(-c3nc(-c4ccccc4)no3)nnn2CCN1CC(=O)N1CCc2ccccc21. The second kappa shape index (κ2) is 7.66. The molecule has 10 heteroatoms. The third-order valence-corrected chi connectivity index (χ3v) is 5.98. The Hall–Kier alpha value is -4.34. The molecule has 0 aliphatic carbocycles. The molecule has 0 radical (unpaired) electrons. The number of carbonyl (C=O) groups is 2. The Morgan fingerprint density at radius 1 is 1.00 bits per heavy atom. The first kappa shape index (κ1) is 19.4. The smallest absolute Gasteiger partial charge is 0.281 e. The van der Waals surface area contributed by atoms with Gasteiger partial charge in [0.2, 0.25) is 11.7 Å². The molecule has 0 bridgehead atoms. The van der Waals surface area contributed by atoms with E-state index in [9.17, 15) is 9.59 Å². The molecule has 0 N–H and O–H groups in total. The number of hydrogen-bond acceptors (Lipinski definition) is 7. The van der Waals surface area contributed by atoms with E-state index in [0.717, 1.165) is 23.2 Å². The van der Waals surface area contributed by atoms with Crippen molar-refractivity contribution in [1.29, 1.82) is 0 Å². The zero-order valence-corrected chi connectivity index (χ0v) is 17.6. The standard InChI is InChI=1S/C23H19N7O3/c31-18(29-11-10-15-6-4-5-9-17(15)29)14-28-12-13-30-20(23(28)32)19(25-27-30)22-24-21(26-33-22)16-7-2-1-3-8-16/h1-9H,10-14H2. The molecule has 2 amide bonds. The van der Waals surface area contributed by atoms with Crippen LogP contribution in [0.3, 0.4) is 0 Å². The van der Waals surface area contributed by atoms with Crippen molar-refractivity contribution >= 4 is 17.5 Å². The number of amides is 2. The van der Waals surface area contributed by atoms with E-state index in [1.54, 1.807) is 4.90 Å². The largest absolute Gasteiger partial charge is 0.332 e. The van der Waals surface area contributed by atoms with Gasteiger partial charge in [-0.05, 0) is 18.1 Å². The molecule has 0 saturated heterocycles. The molecule has 0 fully saturated rings. The second-order valence-electron chi connectivity index (χ2n) is 7.95. The molecule has 2 aromatic heterocycles. The Morgan fingerprint density at radius 3 is 2.70 bits per heavy atom. The summed E-state index contributed by atoms with van der Waals surface area (Å²) in [5.41, 5.74) is 3.32. The van der Waals surface area contributed by atoms with Gasteiger partial charge in [-0.25, -0.2) is 4.68 Å². The van der Waals surface area contributed by atoms with E-state index in [-0.39, 0.29) is 35.6 Å². The molecule has 2 aliphatic rings. The minimum absolute atomic E-state index is 0.0170. The molecular weight excluding hydrogens is 422 g/mol. The highest BCUT2D eigenvalue weighted by Gasteiger charge is 2.35. The van der Waals surface area contributed by atoms with Crippen molar-refractivity contribution in [2.45, 2.75) is 13.0 Å². The maximum Gasteiger partial charge on any atom is 0.281 e. The molecule has 0 spiro atoms. The van der Waals surface area contributed by atoms with Crippen LogP contribution >= 0.6 is 0 Å². The first-order valence-electron chi connectivity index (χ1n) is 10.7. The summed E-state index contributed by atoms with van der Waals surface area (Å²) in [7, 11) is 0. The maximum absolute atomic E-state index is 13.3. The van der Waals surface area contributed by atoms with Crippen molar-refractivity contribution in [1.82, 2.24) is 30.0 Å². The number of carbonyl (C=O) groups excluding carboxylic acids is 2. The molecule has 164 valence electrons. The van der Waals surface area contributed by atoms with Gasteiger partial charge >= 0.3 is 0 Å². The van der Waals surface area contributed by atoms with Crippen LogP contribution in [0.1, 0.15) is 16.1 Å². The molecule has 6 rings (SSSR count). The average molecular weight is 441 g/mol. The van der Waals surface area contributed by atoms with Gasteiger partial charge in [0.25, 0.3) is 11.8 Å². The molecule has 2 aliphatic heterocycles. The van der Waals surface area contributed by atoms with E-state index in [2.05, 4.69) is 20.5 Å². The van der Waals surface area contributed by atoms with Crippen molar-refractivity contribution in [2.24, 2.45) is 0 Å². The van der Waals surface area contributed by atoms with E-state index in [1.165, 1.54) is 9.58 Å². The van der Waals surface area contributed by atoms with Gasteiger partial charge in [0, 0.05) is 24.3 Å². The lowest BCUT2D eigenvalue weighted by atomic mass is 10.2. The quantitative estimate of drug-likeness (QED) is 0.477. The van der Waals surface area contributed by atoms with Crippen LogP contribution in [-0.4, -0.2) is 61.5 Å². The number of nitrogens with zero attached hydrogens (tertiary/aromatic N) is 7. The number of aromatic nitrogens is 5. The fraction of sp³-hybridized carbons (Fsp3) is 0.217. The van der Waals surface area contributed by atoms with Crippen LogP contribution in [0.25, 0.3) is 23.0 Å². The van der Waals surface area contributed by atoms with E-state index in [4.69, 9.17) is 4.52 Å². The summed E-state index contributed by atoms with van der Waals surface area (Å²) in [6.07, 6.45) is 0.817. The van der Waals surface area contributed by atoms with Gasteiger partial charge in [0.1, 0.15) is 6.54 Å². The van der Waals surface area contributed by atoms with E-state index in [0.29, 0.717) is 25.5 Å². The minimum atomic E-state index is -0.332. The molecular formula is C23H19N7O3. The van der Waals surface area contributed by atoms with Crippen LogP contribution in [0, 0.1) is 0 Å². The van der Waals surface area contributed by atoms with Crippen LogP contribution in [0.5, 0.6) is 0 Å². The summed E-state index contributed by atoms with van der Waals surface area (Å²) < 4.78 is 6.92. The van der Waals surface area contributed by atoms with Gasteiger partial charge in [0.15, 0.2) is 11.4 Å². The van der Waals surface area contributed by atoms with Gasteiger partial charge in [0.05, 0.1) is 6.54 Å². The van der Waals surface area contributed by atoms with E-state index < -0.39 is 0 Å². The molecule has 0 saturated carbocycles. The number of para-hydroxylation sites is 1. The van der Waals surface area contributed by atoms with Crippen LogP contribution in [-0.2, 0) is 17.8 Å². The monoisotopic (exact) mass is 441 g/mol. The first-order chi connectivity index (χ1) is 16.2. The van der Waals surface area contributed by atoms with Gasteiger partial charge in [-0.3, -0.25) is 9.59 Å². The number of fused-ring (bicyclic) bond motifs is 2. The fourth-order valence-corrected chi connectivity index (χ4v) is 4.31. The van der Waals surface area contributed by atoms with Crippen LogP contribution < -0.4 is 4.90 Å². The Balaban J connectivity index is 1.25. The molecule has 0 unspecified atom stereocenters. The van der Waals surface area contributed by atoms with Crippen molar-refractivity contribution in [3.63, 3.8) is 0 Å². The minimum Gasteiger partial charge on any atom is -0.332 e. The third kappa shape index (κ3) is 3.27. The second-order valence-corrected chi connectivity index (χ2v) is 7.95. The van der Waals surface area contributed by atoms with Crippen LogP contribution in [0.4, 0.5) is 5.69 Å². The molecule has 10 nitrogen and oxygen atoms in total. The van der Waals surface area contributed by atoms with Crippen molar-refractivity contribution in [3.8, 4) is 23.0 Å². The van der Waals surface area contributed by atoms with E-state index >= 15 is 0 Å². The lowest BCUT2D eigenvalue weighted by Gasteiger charge is -2.28. The fourth-order valence-electron chi connectivity index (χ4n) is 4.31. The van der Waals surface area contributed by atoms with Crippen molar-refractivity contribution in [3.05, 3.63) is 65.9 Å². The predicted octanol–water partition coefficient (Wildman–Crippen LogP) is 2.04. The van der Waals surface area contributed by atoms with Gasteiger partial charge < -0.3 is 14.3 Å². The Labute approximate surface area is 188 Å². The Kier molecular flexibility index (Phi) is 4.49. The molecule has 2 aromatic carbocycles. The predicted molar refractivity (Wildman–Crippen MR) is 117 cm³/mol. The first-order valence-corrected chi connectivity index (χ1v) is 10.7. The number of hydrogen-bond donors (Lipinski definition) is 0. The summed E-state index contributed by atoms with van der Waals surface area (Å²) in [5, 5.41) is 12.2. The van der Waals surface area contributed by atoms with Gasteiger partial charge in [-0.15, -0.1) is 5.10 Å². The van der Waals surface area contributed by atoms with Gasteiger partial charge in [-0.1, -0.05) is 58.9 Å². The highest BCUT2D eigenvalue weighted by molar-refractivity contribution is 6.03. The Bertz CT molecular complexity index is 1360. The topological polar surface area (TPSA) is 110 Å². The van der Waals surface area contributed by atoms with Crippen molar-refractivity contribution in [2.75, 3.05) is 24.5 Å². The lowest BCUT2D eigenvalue weighted by molar-refractivity contribution is -0.119. The summed E-state index contributed by atoms with van der Waals surface area (Å²) in [5.74, 6) is 0.0712. The molecule has 4 aromatic rings. The normalized spacial score (nSPS) is 15.0. The average Bonchev–Trinajstić information content (AvgIpc) is 3.59. The highest BCUT2D eigenvalue weighted by Crippen LogP contribution is 2.29. The van der Waals surface area contributed by atoms with Gasteiger partial charge in [-0.2, -0.15) is 4.98 Å². The summed E-state index contributed by atoms with van der Waals surface area (Å²) in [4.78, 5) is 34.0. The highest BCUT2D eigenvalue weighted by atomic mass is 16.5. The number of benzene rings is 2. The zero-order valence-electron chi connectivity index (χ0n) is 17.6. The lowest BCUT2D eigenvalue weighted by Crippen LogP contribution is -2.47.